The third kappa shape index (κ3) is 5.96. The Morgan fingerprint density at radius 1 is 0.781 bits per heavy atom. The zero-order valence-corrected chi connectivity index (χ0v) is 17.1. The van der Waals surface area contributed by atoms with E-state index in [2.05, 4.69) is 4.74 Å². The molecule has 32 heavy (non-hydrogen) atoms. The number of hydrogen-bond donors (Lipinski definition) is 0. The first-order chi connectivity index (χ1) is 15.2. The van der Waals surface area contributed by atoms with Gasteiger partial charge in [-0.05, 0) is 72.4 Å². The van der Waals surface area contributed by atoms with Crippen molar-refractivity contribution in [3.05, 3.63) is 94.6 Å². The summed E-state index contributed by atoms with van der Waals surface area (Å²) in [5, 5.41) is 0. The van der Waals surface area contributed by atoms with Crippen molar-refractivity contribution in [3.63, 3.8) is 0 Å². The molecular weight excluding hydrogens is 434 g/mol. The first kappa shape index (κ1) is 23.5. The number of ether oxygens (including phenoxy) is 2. The van der Waals surface area contributed by atoms with Crippen molar-refractivity contribution in [2.24, 2.45) is 0 Å². The van der Waals surface area contributed by atoms with Crippen molar-refractivity contribution in [3.8, 4) is 11.5 Å². The molecule has 0 aliphatic carbocycles. The summed E-state index contributed by atoms with van der Waals surface area (Å²) < 4.78 is 89.5. The highest BCUT2D eigenvalue weighted by Gasteiger charge is 2.34. The van der Waals surface area contributed by atoms with Crippen LogP contribution in [0.25, 0.3) is 0 Å². The van der Waals surface area contributed by atoms with E-state index in [1.54, 1.807) is 24.3 Å². The third-order valence-electron chi connectivity index (χ3n) is 4.83. The molecule has 0 aromatic heterocycles. The molecule has 0 fully saturated rings. The van der Waals surface area contributed by atoms with Gasteiger partial charge in [0, 0.05) is 0 Å². The van der Waals surface area contributed by atoms with Gasteiger partial charge in [-0.3, -0.25) is 0 Å². The smallest absolute Gasteiger partial charge is 0.426 e. The van der Waals surface area contributed by atoms with E-state index in [4.69, 9.17) is 4.74 Å². The highest BCUT2D eigenvalue weighted by Crippen LogP contribution is 2.32. The summed E-state index contributed by atoms with van der Waals surface area (Å²) >= 11 is 0. The molecule has 0 radical (unpaired) electrons. The summed E-state index contributed by atoms with van der Waals surface area (Å²) in [5.74, 6) is -3.61. The van der Waals surface area contributed by atoms with Crippen molar-refractivity contribution < 1.29 is 35.8 Å². The summed E-state index contributed by atoms with van der Waals surface area (Å²) in [5.41, 5.74) is 1.62. The maximum Gasteiger partial charge on any atom is 0.426 e. The molecule has 0 atom stereocenters. The second kappa shape index (κ2) is 9.97. The first-order valence-corrected chi connectivity index (χ1v) is 9.86. The Balaban J connectivity index is 1.62. The molecular formula is C24H20F6O2. The zero-order chi connectivity index (χ0) is 23.3. The second-order valence-electron chi connectivity index (χ2n) is 7.08. The fourth-order valence-corrected chi connectivity index (χ4v) is 3.11. The van der Waals surface area contributed by atoms with Crippen LogP contribution in [-0.4, -0.2) is 6.61 Å². The van der Waals surface area contributed by atoms with E-state index < -0.39 is 30.1 Å². The normalized spacial score (nSPS) is 11.6. The molecule has 170 valence electrons. The molecule has 0 spiro atoms. The zero-order valence-electron chi connectivity index (χ0n) is 17.1. The van der Waals surface area contributed by atoms with Crippen LogP contribution in [0.15, 0.2) is 60.7 Å². The van der Waals surface area contributed by atoms with Gasteiger partial charge in [0.15, 0.2) is 17.4 Å². The molecule has 0 aliphatic heterocycles. The van der Waals surface area contributed by atoms with Crippen LogP contribution in [-0.2, 0) is 25.4 Å². The number of rotatable bonds is 9. The van der Waals surface area contributed by atoms with E-state index in [0.29, 0.717) is 12.0 Å². The van der Waals surface area contributed by atoms with Crippen molar-refractivity contribution in [2.75, 3.05) is 0 Å². The monoisotopic (exact) mass is 454 g/mol. The van der Waals surface area contributed by atoms with Gasteiger partial charge >= 0.3 is 12.7 Å². The molecule has 0 aliphatic rings. The first-order valence-electron chi connectivity index (χ1n) is 9.86. The molecule has 0 bridgehead atoms. The molecule has 0 saturated carbocycles. The van der Waals surface area contributed by atoms with E-state index in [9.17, 15) is 26.3 Å². The lowest BCUT2D eigenvalue weighted by molar-refractivity contribution is -0.185. The summed E-state index contributed by atoms with van der Waals surface area (Å²) in [6.45, 7) is -1.41. The molecule has 0 heterocycles. The van der Waals surface area contributed by atoms with Crippen LogP contribution < -0.4 is 9.47 Å². The number of halogens is 6. The number of aryl methyl sites for hydroxylation is 3. The number of hydrogen-bond acceptors (Lipinski definition) is 2. The Labute approximate surface area is 181 Å². The molecule has 0 unspecified atom stereocenters. The van der Waals surface area contributed by atoms with Crippen LogP contribution >= 0.6 is 0 Å². The predicted octanol–water partition coefficient (Wildman–Crippen LogP) is 7.04. The van der Waals surface area contributed by atoms with E-state index in [-0.39, 0.29) is 23.3 Å². The lowest BCUT2D eigenvalue weighted by Crippen LogP contribution is -2.21. The molecule has 3 aromatic carbocycles. The highest BCUT2D eigenvalue weighted by molar-refractivity contribution is 5.33. The fourth-order valence-electron chi connectivity index (χ4n) is 3.11. The highest BCUT2D eigenvalue weighted by atomic mass is 19.3. The average molecular weight is 454 g/mol. The van der Waals surface area contributed by atoms with Gasteiger partial charge in [-0.25, -0.2) is 8.78 Å². The average Bonchev–Trinajstić information content (AvgIpc) is 2.75. The standard InChI is InChI=1S/C24H20F6O2/c1-2-15-5-9-18(10-6-15)24(29,30)32-19-11-7-16(8-12-19)3-4-17-13-20(25)22(21(26)14-17)31-23(27)28/h5-14,23H,2-4H2,1H3. The van der Waals surface area contributed by atoms with E-state index in [1.807, 2.05) is 6.92 Å². The Morgan fingerprint density at radius 3 is 1.84 bits per heavy atom. The molecule has 0 N–H and O–H groups in total. The second-order valence-corrected chi connectivity index (χ2v) is 7.08. The van der Waals surface area contributed by atoms with Crippen molar-refractivity contribution in [2.45, 2.75) is 38.9 Å². The van der Waals surface area contributed by atoms with Crippen LogP contribution in [0.3, 0.4) is 0 Å². The van der Waals surface area contributed by atoms with E-state index in [0.717, 1.165) is 24.1 Å². The van der Waals surface area contributed by atoms with Crippen LogP contribution in [0.1, 0.15) is 29.2 Å². The molecule has 0 amide bonds. The van der Waals surface area contributed by atoms with Crippen molar-refractivity contribution in [1.29, 1.82) is 0 Å². The van der Waals surface area contributed by atoms with Crippen LogP contribution in [0.4, 0.5) is 26.3 Å². The van der Waals surface area contributed by atoms with Gasteiger partial charge in [-0.15, -0.1) is 0 Å². The molecule has 8 heteroatoms. The van der Waals surface area contributed by atoms with Gasteiger partial charge in [0.1, 0.15) is 5.75 Å². The maximum atomic E-state index is 14.4. The van der Waals surface area contributed by atoms with Gasteiger partial charge in [0.05, 0.1) is 5.56 Å². The SMILES string of the molecule is CCc1ccc(C(F)(F)Oc2ccc(CCc3cc(F)c(OC(F)F)c(F)c3)cc2)cc1. The largest absolute Gasteiger partial charge is 0.429 e. The summed E-state index contributed by atoms with van der Waals surface area (Å²) in [4.78, 5) is 0. The van der Waals surface area contributed by atoms with Crippen molar-refractivity contribution >= 4 is 0 Å². The number of alkyl halides is 4. The maximum absolute atomic E-state index is 14.4. The van der Waals surface area contributed by atoms with Crippen molar-refractivity contribution in [1.82, 2.24) is 0 Å². The summed E-state index contributed by atoms with van der Waals surface area (Å²) in [6.07, 6.45) is -2.24. The fraction of sp³-hybridized carbons (Fsp3) is 0.250. The van der Waals surface area contributed by atoms with E-state index >= 15 is 0 Å². The topological polar surface area (TPSA) is 18.5 Å². The molecule has 0 saturated heterocycles. The number of benzene rings is 3. The van der Waals surface area contributed by atoms with Crippen LogP contribution in [0.2, 0.25) is 0 Å². The predicted molar refractivity (Wildman–Crippen MR) is 107 cm³/mol. The minimum absolute atomic E-state index is 0.0380. The Bertz CT molecular complexity index is 1010. The van der Waals surface area contributed by atoms with E-state index in [1.165, 1.54) is 24.3 Å². The molecule has 2 nitrogen and oxygen atoms in total. The van der Waals surface area contributed by atoms with Crippen LogP contribution in [0, 0.1) is 11.6 Å². The Morgan fingerprint density at radius 2 is 1.31 bits per heavy atom. The summed E-state index contributed by atoms with van der Waals surface area (Å²) in [7, 11) is 0. The minimum atomic E-state index is -3.51. The minimum Gasteiger partial charge on any atom is -0.429 e. The molecule has 3 rings (SSSR count). The summed E-state index contributed by atoms with van der Waals surface area (Å²) in [6, 6.07) is 13.6. The van der Waals surface area contributed by atoms with Gasteiger partial charge in [-0.1, -0.05) is 31.2 Å². The van der Waals surface area contributed by atoms with Gasteiger partial charge in [0.25, 0.3) is 0 Å². The van der Waals surface area contributed by atoms with Gasteiger partial charge in [0.2, 0.25) is 0 Å². The lowest BCUT2D eigenvalue weighted by Gasteiger charge is -2.18. The third-order valence-corrected chi connectivity index (χ3v) is 4.83. The van der Waals surface area contributed by atoms with Gasteiger partial charge < -0.3 is 9.47 Å². The molecule has 3 aromatic rings. The quantitative estimate of drug-likeness (QED) is 0.323. The van der Waals surface area contributed by atoms with Crippen LogP contribution in [0.5, 0.6) is 11.5 Å². The lowest BCUT2D eigenvalue weighted by atomic mass is 10.0. The van der Waals surface area contributed by atoms with Gasteiger partial charge in [-0.2, -0.15) is 17.6 Å². The Kier molecular flexibility index (Phi) is 7.33. The Hall–Kier alpha value is -3.16.